The van der Waals surface area contributed by atoms with Crippen LogP contribution in [0.1, 0.15) is 11.4 Å². The summed E-state index contributed by atoms with van der Waals surface area (Å²) in [6, 6.07) is 0. The number of amides is 2. The number of carbonyl (C=O) groups is 2. The van der Waals surface area contributed by atoms with Crippen LogP contribution in [0, 0.1) is 6.92 Å². The molecule has 1 N–H and O–H groups in total. The number of aryl methyl sites for hydroxylation is 1. The number of alkyl halides is 2. The Kier molecular flexibility index (Phi) is 4.96. The van der Waals surface area contributed by atoms with Gasteiger partial charge in [0.2, 0.25) is 0 Å². The molecule has 120 valence electrons. The number of carbonyl (C=O) groups excluding carboxylic acids is 2. The number of halogens is 2. The fraction of sp³-hybridized carbons (Fsp3) is 0.538. The van der Waals surface area contributed by atoms with Gasteiger partial charge < -0.3 is 15.0 Å². The third-order valence-electron chi connectivity index (χ3n) is 3.09. The molecule has 1 aliphatic rings. The summed E-state index contributed by atoms with van der Waals surface area (Å²) < 4.78 is 32.7. The molecule has 0 aliphatic carbocycles. The van der Waals surface area contributed by atoms with Gasteiger partial charge in [0.25, 0.3) is 0 Å². The van der Waals surface area contributed by atoms with Gasteiger partial charge in [0.05, 0.1) is 19.8 Å². The first-order valence-electron chi connectivity index (χ1n) is 6.72. The summed E-state index contributed by atoms with van der Waals surface area (Å²) >= 11 is 0. The van der Waals surface area contributed by atoms with Gasteiger partial charge in [-0.15, -0.1) is 0 Å². The standard InChI is InChI=1S/C13H16F2N4O3/c1-9-6-16-10(17-7-9)8-18-11(20)13(14,15)12(21)19-2-4-22-5-3-19/h6-7H,2-5,8H2,1H3,(H,18,20). The van der Waals surface area contributed by atoms with E-state index in [0.717, 1.165) is 10.5 Å². The van der Waals surface area contributed by atoms with E-state index in [2.05, 4.69) is 9.97 Å². The highest BCUT2D eigenvalue weighted by molar-refractivity contribution is 6.06. The van der Waals surface area contributed by atoms with Crippen molar-refractivity contribution in [3.8, 4) is 0 Å². The Hall–Kier alpha value is -2.16. The Bertz CT molecular complexity index is 545. The summed E-state index contributed by atoms with van der Waals surface area (Å²) in [5, 5.41) is 1.99. The normalized spacial score (nSPS) is 15.5. The van der Waals surface area contributed by atoms with E-state index in [0.29, 0.717) is 0 Å². The summed E-state index contributed by atoms with van der Waals surface area (Å²) in [4.78, 5) is 32.0. The number of ether oxygens (including phenoxy) is 1. The summed E-state index contributed by atoms with van der Waals surface area (Å²) in [6.07, 6.45) is 3.01. The minimum absolute atomic E-state index is 0.0444. The predicted molar refractivity (Wildman–Crippen MR) is 71.0 cm³/mol. The lowest BCUT2D eigenvalue weighted by atomic mass is 10.2. The Balaban J connectivity index is 1.94. The molecule has 1 aromatic heterocycles. The summed E-state index contributed by atoms with van der Waals surface area (Å²) in [6.45, 7) is 1.95. The number of rotatable bonds is 4. The van der Waals surface area contributed by atoms with Crippen LogP contribution in [-0.2, 0) is 20.9 Å². The number of hydrogen-bond acceptors (Lipinski definition) is 5. The highest BCUT2D eigenvalue weighted by Crippen LogP contribution is 2.18. The van der Waals surface area contributed by atoms with E-state index in [-0.39, 0.29) is 38.7 Å². The Morgan fingerprint density at radius 1 is 1.32 bits per heavy atom. The molecule has 2 rings (SSSR count). The Labute approximate surface area is 125 Å². The maximum absolute atomic E-state index is 13.9. The van der Waals surface area contributed by atoms with E-state index in [1.807, 2.05) is 5.32 Å². The molecule has 1 saturated heterocycles. The van der Waals surface area contributed by atoms with Gasteiger partial charge in [0, 0.05) is 25.5 Å². The van der Waals surface area contributed by atoms with Gasteiger partial charge in [-0.2, -0.15) is 8.78 Å². The second-order valence-corrected chi connectivity index (χ2v) is 4.84. The highest BCUT2D eigenvalue weighted by atomic mass is 19.3. The van der Waals surface area contributed by atoms with E-state index in [1.165, 1.54) is 12.4 Å². The molecular formula is C13H16F2N4O3. The van der Waals surface area contributed by atoms with Crippen molar-refractivity contribution in [1.29, 1.82) is 0 Å². The quantitative estimate of drug-likeness (QED) is 0.784. The fourth-order valence-corrected chi connectivity index (χ4v) is 1.84. The number of aromatic nitrogens is 2. The van der Waals surface area contributed by atoms with Crippen molar-refractivity contribution in [2.75, 3.05) is 26.3 Å². The van der Waals surface area contributed by atoms with Crippen LogP contribution in [0.4, 0.5) is 8.78 Å². The van der Waals surface area contributed by atoms with Crippen molar-refractivity contribution in [3.05, 3.63) is 23.8 Å². The Morgan fingerprint density at radius 2 is 1.91 bits per heavy atom. The fourth-order valence-electron chi connectivity index (χ4n) is 1.84. The van der Waals surface area contributed by atoms with Crippen LogP contribution in [0.15, 0.2) is 12.4 Å². The molecule has 7 nitrogen and oxygen atoms in total. The van der Waals surface area contributed by atoms with Crippen LogP contribution in [0.25, 0.3) is 0 Å². The molecule has 2 amide bonds. The van der Waals surface area contributed by atoms with Crippen LogP contribution in [0.3, 0.4) is 0 Å². The SMILES string of the molecule is Cc1cnc(CNC(=O)C(F)(F)C(=O)N2CCOCC2)nc1. The van der Waals surface area contributed by atoms with Crippen molar-refractivity contribution in [1.82, 2.24) is 20.2 Å². The number of morpholine rings is 1. The van der Waals surface area contributed by atoms with Crippen molar-refractivity contribution in [3.63, 3.8) is 0 Å². The predicted octanol–water partition coefficient (Wildman–Crippen LogP) is -0.105. The number of hydrogen-bond donors (Lipinski definition) is 1. The third-order valence-corrected chi connectivity index (χ3v) is 3.09. The molecular weight excluding hydrogens is 298 g/mol. The van der Waals surface area contributed by atoms with E-state index in [4.69, 9.17) is 4.74 Å². The molecule has 1 aliphatic heterocycles. The van der Waals surface area contributed by atoms with Crippen LogP contribution in [0.2, 0.25) is 0 Å². The molecule has 2 heterocycles. The van der Waals surface area contributed by atoms with Gasteiger partial charge in [0.1, 0.15) is 5.82 Å². The zero-order valence-corrected chi connectivity index (χ0v) is 12.0. The largest absolute Gasteiger partial charge is 0.400 e. The second kappa shape index (κ2) is 6.73. The maximum Gasteiger partial charge on any atom is 0.400 e. The molecule has 1 fully saturated rings. The van der Waals surface area contributed by atoms with E-state index < -0.39 is 17.7 Å². The van der Waals surface area contributed by atoms with Crippen LogP contribution in [0.5, 0.6) is 0 Å². The molecule has 0 spiro atoms. The van der Waals surface area contributed by atoms with Crippen molar-refractivity contribution < 1.29 is 23.1 Å². The molecule has 0 radical (unpaired) electrons. The molecule has 0 bridgehead atoms. The first-order valence-corrected chi connectivity index (χ1v) is 6.72. The number of nitrogens with one attached hydrogen (secondary N) is 1. The monoisotopic (exact) mass is 314 g/mol. The zero-order valence-electron chi connectivity index (χ0n) is 12.0. The molecule has 0 atom stereocenters. The molecule has 0 saturated carbocycles. The maximum atomic E-state index is 13.9. The minimum Gasteiger partial charge on any atom is -0.378 e. The van der Waals surface area contributed by atoms with E-state index in [9.17, 15) is 18.4 Å². The van der Waals surface area contributed by atoms with E-state index >= 15 is 0 Å². The van der Waals surface area contributed by atoms with Crippen molar-refractivity contribution in [2.24, 2.45) is 0 Å². The van der Waals surface area contributed by atoms with Crippen molar-refractivity contribution in [2.45, 2.75) is 19.4 Å². The van der Waals surface area contributed by atoms with Gasteiger partial charge in [-0.1, -0.05) is 0 Å². The first kappa shape index (κ1) is 16.2. The lowest BCUT2D eigenvalue weighted by molar-refractivity contribution is -0.170. The van der Waals surface area contributed by atoms with Gasteiger partial charge in [-0.05, 0) is 12.5 Å². The lowest BCUT2D eigenvalue weighted by Gasteiger charge is -2.29. The van der Waals surface area contributed by atoms with Crippen LogP contribution in [-0.4, -0.2) is 58.9 Å². The van der Waals surface area contributed by atoms with Crippen molar-refractivity contribution >= 4 is 11.8 Å². The zero-order chi connectivity index (χ0) is 16.2. The van der Waals surface area contributed by atoms with E-state index in [1.54, 1.807) is 6.92 Å². The van der Waals surface area contributed by atoms with Gasteiger partial charge in [0.15, 0.2) is 0 Å². The van der Waals surface area contributed by atoms with Gasteiger partial charge in [-0.3, -0.25) is 9.59 Å². The molecule has 0 aromatic carbocycles. The van der Waals surface area contributed by atoms with Gasteiger partial charge in [-0.25, -0.2) is 9.97 Å². The third kappa shape index (κ3) is 3.73. The average Bonchev–Trinajstić information content (AvgIpc) is 2.54. The molecule has 1 aromatic rings. The van der Waals surface area contributed by atoms with Gasteiger partial charge >= 0.3 is 17.7 Å². The van der Waals surface area contributed by atoms with Crippen LogP contribution < -0.4 is 5.32 Å². The average molecular weight is 314 g/mol. The van der Waals surface area contributed by atoms with Crippen LogP contribution >= 0.6 is 0 Å². The summed E-state index contributed by atoms with van der Waals surface area (Å²) in [5.74, 6) is -7.11. The Morgan fingerprint density at radius 3 is 2.50 bits per heavy atom. The number of nitrogens with zero attached hydrogens (tertiary/aromatic N) is 3. The highest BCUT2D eigenvalue weighted by Gasteiger charge is 2.49. The first-order chi connectivity index (χ1) is 10.4. The summed E-state index contributed by atoms with van der Waals surface area (Å²) in [5.41, 5.74) is 0.808. The minimum atomic E-state index is -4.12. The topological polar surface area (TPSA) is 84.4 Å². The lowest BCUT2D eigenvalue weighted by Crippen LogP contribution is -2.55. The molecule has 0 unspecified atom stereocenters. The second-order valence-electron chi connectivity index (χ2n) is 4.84. The smallest absolute Gasteiger partial charge is 0.378 e. The molecule has 22 heavy (non-hydrogen) atoms. The molecule has 9 heteroatoms. The summed E-state index contributed by atoms with van der Waals surface area (Å²) in [7, 11) is 0.